The van der Waals surface area contributed by atoms with Gasteiger partial charge in [-0.05, 0) is 16.7 Å². The van der Waals surface area contributed by atoms with E-state index in [0.29, 0.717) is 6.54 Å². The van der Waals surface area contributed by atoms with Crippen LogP contribution < -0.4 is 10.7 Å². The number of nitrogens with one attached hydrogen (secondary N) is 1. The first-order valence-corrected chi connectivity index (χ1v) is 7.76. The smallest absolute Gasteiger partial charge is 0.275 e. The van der Waals surface area contributed by atoms with Crippen LogP contribution in [0, 0.1) is 0 Å². The molecule has 25 heavy (non-hydrogen) atoms. The van der Waals surface area contributed by atoms with Crippen molar-refractivity contribution in [1.82, 2.24) is 15.1 Å². The standard InChI is InChI=1S/C19H17N3O3/c1-20-19(25)17-18(24)16(23)12-22(21-17)11-14-9-5-6-10-15(14)13-7-3-2-4-8-13/h2-10,12,23H,11H2,1H3,(H,20,25). The Bertz CT molecular complexity index is 965. The maximum Gasteiger partial charge on any atom is 0.275 e. The summed E-state index contributed by atoms with van der Waals surface area (Å²) in [5.41, 5.74) is 1.90. The number of amides is 1. The molecule has 1 heterocycles. The molecule has 0 spiro atoms. The van der Waals surface area contributed by atoms with Crippen molar-refractivity contribution in [2.45, 2.75) is 6.54 Å². The van der Waals surface area contributed by atoms with Crippen molar-refractivity contribution in [2.24, 2.45) is 0 Å². The number of carbonyl (C=O) groups excluding carboxylic acids is 1. The molecule has 0 unspecified atom stereocenters. The van der Waals surface area contributed by atoms with Gasteiger partial charge in [0.05, 0.1) is 12.7 Å². The number of benzene rings is 2. The zero-order chi connectivity index (χ0) is 17.8. The van der Waals surface area contributed by atoms with Crippen molar-refractivity contribution < 1.29 is 9.90 Å². The molecule has 2 aromatic carbocycles. The van der Waals surface area contributed by atoms with Crippen molar-refractivity contribution >= 4 is 5.91 Å². The highest BCUT2D eigenvalue weighted by atomic mass is 16.3. The van der Waals surface area contributed by atoms with Crippen LogP contribution in [0.2, 0.25) is 0 Å². The molecule has 126 valence electrons. The van der Waals surface area contributed by atoms with E-state index >= 15 is 0 Å². The third-order valence-electron chi connectivity index (χ3n) is 3.82. The average Bonchev–Trinajstić information content (AvgIpc) is 2.65. The summed E-state index contributed by atoms with van der Waals surface area (Å²) in [7, 11) is 1.41. The van der Waals surface area contributed by atoms with Gasteiger partial charge in [0, 0.05) is 7.05 Å². The van der Waals surface area contributed by atoms with Crippen molar-refractivity contribution in [3.8, 4) is 16.9 Å². The largest absolute Gasteiger partial charge is 0.503 e. The second-order valence-electron chi connectivity index (χ2n) is 5.49. The van der Waals surface area contributed by atoms with Gasteiger partial charge in [0.25, 0.3) is 11.3 Å². The molecule has 1 aromatic heterocycles. The van der Waals surface area contributed by atoms with Gasteiger partial charge in [-0.2, -0.15) is 5.10 Å². The topological polar surface area (TPSA) is 84.2 Å². The number of aromatic hydroxyl groups is 1. The molecular formula is C19H17N3O3. The molecule has 0 fully saturated rings. The summed E-state index contributed by atoms with van der Waals surface area (Å²) in [6, 6.07) is 17.7. The van der Waals surface area contributed by atoms with Crippen LogP contribution in [-0.4, -0.2) is 27.8 Å². The summed E-state index contributed by atoms with van der Waals surface area (Å²) >= 11 is 0. The molecular weight excluding hydrogens is 318 g/mol. The van der Waals surface area contributed by atoms with E-state index in [1.165, 1.54) is 17.9 Å². The molecule has 1 amide bonds. The lowest BCUT2D eigenvalue weighted by Gasteiger charge is -2.12. The minimum atomic E-state index is -0.785. The van der Waals surface area contributed by atoms with E-state index in [2.05, 4.69) is 10.4 Å². The van der Waals surface area contributed by atoms with Crippen molar-refractivity contribution in [2.75, 3.05) is 7.05 Å². The molecule has 2 N–H and O–H groups in total. The van der Waals surface area contributed by atoms with E-state index in [1.807, 2.05) is 54.6 Å². The molecule has 0 atom stereocenters. The molecule has 0 bridgehead atoms. The molecule has 0 aliphatic heterocycles. The quantitative estimate of drug-likeness (QED) is 0.764. The Kier molecular flexibility index (Phi) is 4.61. The van der Waals surface area contributed by atoms with E-state index in [0.717, 1.165) is 16.7 Å². The van der Waals surface area contributed by atoms with Gasteiger partial charge in [0.15, 0.2) is 11.4 Å². The highest BCUT2D eigenvalue weighted by Gasteiger charge is 2.16. The van der Waals surface area contributed by atoms with Gasteiger partial charge >= 0.3 is 0 Å². The highest BCUT2D eigenvalue weighted by molar-refractivity contribution is 5.92. The zero-order valence-electron chi connectivity index (χ0n) is 13.6. The van der Waals surface area contributed by atoms with E-state index < -0.39 is 17.1 Å². The summed E-state index contributed by atoms with van der Waals surface area (Å²) in [5, 5.41) is 16.3. The Morgan fingerprint density at radius 1 is 1.12 bits per heavy atom. The zero-order valence-corrected chi connectivity index (χ0v) is 13.6. The second-order valence-corrected chi connectivity index (χ2v) is 5.49. The SMILES string of the molecule is CNC(=O)c1nn(Cc2ccccc2-c2ccccc2)cc(O)c1=O. The van der Waals surface area contributed by atoms with Gasteiger partial charge < -0.3 is 10.4 Å². The number of hydrogen-bond donors (Lipinski definition) is 2. The van der Waals surface area contributed by atoms with Crippen LogP contribution in [0.25, 0.3) is 11.1 Å². The van der Waals surface area contributed by atoms with Crippen LogP contribution in [-0.2, 0) is 6.54 Å². The van der Waals surface area contributed by atoms with Crippen molar-refractivity contribution in [1.29, 1.82) is 0 Å². The van der Waals surface area contributed by atoms with E-state index in [9.17, 15) is 14.7 Å². The number of carbonyl (C=O) groups is 1. The molecule has 0 radical (unpaired) electrons. The summed E-state index contributed by atoms with van der Waals surface area (Å²) in [5.74, 6) is -1.14. The van der Waals surface area contributed by atoms with Crippen LogP contribution in [0.4, 0.5) is 0 Å². The van der Waals surface area contributed by atoms with Gasteiger partial charge in [0.2, 0.25) is 0 Å². The second kappa shape index (κ2) is 7.00. The molecule has 6 heteroatoms. The summed E-state index contributed by atoms with van der Waals surface area (Å²) in [6.07, 6.45) is 1.23. The van der Waals surface area contributed by atoms with Crippen LogP contribution in [0.5, 0.6) is 5.75 Å². The Morgan fingerprint density at radius 2 is 1.80 bits per heavy atom. The fourth-order valence-electron chi connectivity index (χ4n) is 2.60. The Morgan fingerprint density at radius 3 is 2.52 bits per heavy atom. The summed E-state index contributed by atoms with van der Waals surface area (Å²) < 4.78 is 1.39. The summed E-state index contributed by atoms with van der Waals surface area (Å²) in [4.78, 5) is 23.7. The molecule has 3 rings (SSSR count). The molecule has 0 aliphatic rings. The number of aromatic nitrogens is 2. The van der Waals surface area contributed by atoms with Crippen LogP contribution >= 0.6 is 0 Å². The predicted molar refractivity (Wildman–Crippen MR) is 94.5 cm³/mol. The molecule has 0 saturated heterocycles. The van der Waals surface area contributed by atoms with Crippen LogP contribution in [0.15, 0.2) is 65.6 Å². The average molecular weight is 335 g/mol. The predicted octanol–water partition coefficient (Wildman–Crippen LogP) is 2.02. The van der Waals surface area contributed by atoms with E-state index in [-0.39, 0.29) is 5.69 Å². The van der Waals surface area contributed by atoms with Gasteiger partial charge in [0.1, 0.15) is 0 Å². The third kappa shape index (κ3) is 3.42. The van der Waals surface area contributed by atoms with Crippen LogP contribution in [0.3, 0.4) is 0 Å². The lowest BCUT2D eigenvalue weighted by atomic mass is 10.00. The first-order chi connectivity index (χ1) is 12.1. The molecule has 0 aliphatic carbocycles. The number of hydrogen-bond acceptors (Lipinski definition) is 4. The first-order valence-electron chi connectivity index (χ1n) is 7.76. The summed E-state index contributed by atoms with van der Waals surface area (Å²) in [6.45, 7) is 0.308. The monoisotopic (exact) mass is 335 g/mol. The highest BCUT2D eigenvalue weighted by Crippen LogP contribution is 2.24. The Hall–Kier alpha value is -3.41. The first kappa shape index (κ1) is 16.4. The van der Waals surface area contributed by atoms with Gasteiger partial charge in [-0.25, -0.2) is 0 Å². The van der Waals surface area contributed by atoms with Gasteiger partial charge in [-0.1, -0.05) is 54.6 Å². The number of nitrogens with zero attached hydrogens (tertiary/aromatic N) is 2. The maximum absolute atomic E-state index is 11.9. The van der Waals surface area contributed by atoms with Gasteiger partial charge in [-0.3, -0.25) is 14.3 Å². The van der Waals surface area contributed by atoms with Crippen molar-refractivity contribution in [3.63, 3.8) is 0 Å². The van der Waals surface area contributed by atoms with Crippen LogP contribution in [0.1, 0.15) is 16.1 Å². The minimum absolute atomic E-state index is 0.308. The Labute approximate surface area is 144 Å². The molecule has 3 aromatic rings. The Balaban J connectivity index is 2.03. The minimum Gasteiger partial charge on any atom is -0.503 e. The molecule has 0 saturated carbocycles. The fourth-order valence-corrected chi connectivity index (χ4v) is 2.60. The lowest BCUT2D eigenvalue weighted by Crippen LogP contribution is -2.29. The fraction of sp³-hybridized carbons (Fsp3) is 0.105. The third-order valence-corrected chi connectivity index (χ3v) is 3.82. The normalized spacial score (nSPS) is 10.4. The van der Waals surface area contributed by atoms with Crippen molar-refractivity contribution in [3.05, 3.63) is 82.3 Å². The number of rotatable bonds is 4. The lowest BCUT2D eigenvalue weighted by molar-refractivity contribution is 0.0954. The van der Waals surface area contributed by atoms with E-state index in [1.54, 1.807) is 0 Å². The maximum atomic E-state index is 11.9. The van der Waals surface area contributed by atoms with E-state index in [4.69, 9.17) is 0 Å². The van der Waals surface area contributed by atoms with Gasteiger partial charge in [-0.15, -0.1) is 0 Å². The molecule has 6 nitrogen and oxygen atoms in total.